The average molecular weight is 321 g/mol. The summed E-state index contributed by atoms with van der Waals surface area (Å²) < 4.78 is 12.3. The van der Waals surface area contributed by atoms with Gasteiger partial charge in [0.2, 0.25) is 0 Å². The normalized spacial score (nSPS) is 30.9. The maximum Gasteiger partial charge on any atom is 0.168 e. The second-order valence-electron chi connectivity index (χ2n) is 5.13. The summed E-state index contributed by atoms with van der Waals surface area (Å²) in [5, 5.41) is 0. The zero-order valence-corrected chi connectivity index (χ0v) is 12.6. The fourth-order valence-electron chi connectivity index (χ4n) is 2.84. The van der Waals surface area contributed by atoms with Crippen molar-refractivity contribution in [3.63, 3.8) is 0 Å². The molecule has 2 unspecified atom stereocenters. The van der Waals surface area contributed by atoms with Gasteiger partial charge in [-0.05, 0) is 18.9 Å². The lowest BCUT2D eigenvalue weighted by molar-refractivity contribution is -0.0920. The SMILES string of the molecule is O=C(c1cc(Cl)sc1Cl)C1CCOC2(CCOC2)C1. The van der Waals surface area contributed by atoms with E-state index in [1.54, 1.807) is 6.07 Å². The summed E-state index contributed by atoms with van der Waals surface area (Å²) in [4.78, 5) is 12.5. The van der Waals surface area contributed by atoms with Gasteiger partial charge in [-0.15, -0.1) is 11.3 Å². The molecule has 0 aromatic carbocycles. The monoisotopic (exact) mass is 320 g/mol. The van der Waals surface area contributed by atoms with Gasteiger partial charge in [0.1, 0.15) is 4.34 Å². The number of rotatable bonds is 2. The van der Waals surface area contributed by atoms with Gasteiger partial charge in [-0.25, -0.2) is 0 Å². The van der Waals surface area contributed by atoms with E-state index in [1.807, 2.05) is 0 Å². The molecule has 0 bridgehead atoms. The molecule has 19 heavy (non-hydrogen) atoms. The molecule has 2 atom stereocenters. The highest BCUT2D eigenvalue weighted by Gasteiger charge is 2.43. The van der Waals surface area contributed by atoms with Crippen LogP contribution in [0, 0.1) is 5.92 Å². The third-order valence-corrected chi connectivity index (χ3v) is 5.34. The molecule has 104 valence electrons. The minimum Gasteiger partial charge on any atom is -0.378 e. The van der Waals surface area contributed by atoms with E-state index < -0.39 is 0 Å². The van der Waals surface area contributed by atoms with Gasteiger partial charge in [-0.3, -0.25) is 4.79 Å². The highest BCUT2D eigenvalue weighted by Crippen LogP contribution is 2.39. The second-order valence-corrected chi connectivity index (χ2v) is 7.41. The quantitative estimate of drug-likeness (QED) is 0.777. The molecular formula is C13H14Cl2O3S. The molecule has 0 aliphatic carbocycles. The molecule has 3 rings (SSSR count). The Morgan fingerprint density at radius 3 is 2.89 bits per heavy atom. The van der Waals surface area contributed by atoms with Crippen LogP contribution in [0.15, 0.2) is 6.07 Å². The van der Waals surface area contributed by atoms with Crippen molar-refractivity contribution in [1.29, 1.82) is 0 Å². The first kappa shape index (κ1) is 13.8. The molecule has 3 heterocycles. The lowest BCUT2D eigenvalue weighted by atomic mass is 9.81. The van der Waals surface area contributed by atoms with Crippen molar-refractivity contribution >= 4 is 40.3 Å². The number of ketones is 1. The maximum atomic E-state index is 12.5. The van der Waals surface area contributed by atoms with Crippen molar-refractivity contribution in [2.24, 2.45) is 5.92 Å². The molecule has 0 N–H and O–H groups in total. The largest absolute Gasteiger partial charge is 0.378 e. The molecule has 0 radical (unpaired) electrons. The molecule has 1 aromatic rings. The predicted octanol–water partition coefficient (Wildman–Crippen LogP) is 3.82. The summed E-state index contributed by atoms with van der Waals surface area (Å²) in [5.74, 6) is 0.0429. The van der Waals surface area contributed by atoms with Crippen LogP contribution in [0.1, 0.15) is 29.6 Å². The number of hydrogen-bond donors (Lipinski definition) is 0. The molecule has 2 saturated heterocycles. The first-order valence-electron chi connectivity index (χ1n) is 6.30. The predicted molar refractivity (Wildman–Crippen MR) is 75.5 cm³/mol. The highest BCUT2D eigenvalue weighted by atomic mass is 35.5. The molecule has 0 amide bonds. The summed E-state index contributed by atoms with van der Waals surface area (Å²) in [6, 6.07) is 1.67. The first-order valence-corrected chi connectivity index (χ1v) is 7.88. The highest BCUT2D eigenvalue weighted by molar-refractivity contribution is 7.20. The Kier molecular flexibility index (Phi) is 3.89. The van der Waals surface area contributed by atoms with E-state index in [9.17, 15) is 4.79 Å². The maximum absolute atomic E-state index is 12.5. The van der Waals surface area contributed by atoms with Crippen molar-refractivity contribution < 1.29 is 14.3 Å². The average Bonchev–Trinajstić information content (AvgIpc) is 2.96. The molecule has 2 fully saturated rings. The number of halogens is 2. The molecule has 0 saturated carbocycles. The summed E-state index contributed by atoms with van der Waals surface area (Å²) in [6.07, 6.45) is 2.33. The summed E-state index contributed by atoms with van der Waals surface area (Å²) >= 11 is 13.2. The van der Waals surface area contributed by atoms with Gasteiger partial charge in [0.05, 0.1) is 16.5 Å². The van der Waals surface area contributed by atoms with Crippen LogP contribution in [0.25, 0.3) is 0 Å². The van der Waals surface area contributed by atoms with E-state index in [2.05, 4.69) is 0 Å². The summed E-state index contributed by atoms with van der Waals surface area (Å²) in [5.41, 5.74) is 0.294. The van der Waals surface area contributed by atoms with E-state index in [0.717, 1.165) is 19.3 Å². The third kappa shape index (κ3) is 2.69. The smallest absolute Gasteiger partial charge is 0.168 e. The molecular weight excluding hydrogens is 307 g/mol. The van der Waals surface area contributed by atoms with Gasteiger partial charge in [-0.1, -0.05) is 23.2 Å². The number of Topliss-reactive ketones (excluding diaryl/α,β-unsaturated/α-hetero) is 1. The second kappa shape index (κ2) is 5.34. The fraction of sp³-hybridized carbons (Fsp3) is 0.615. The first-order chi connectivity index (χ1) is 9.10. The molecule has 1 aromatic heterocycles. The van der Waals surface area contributed by atoms with E-state index in [4.69, 9.17) is 32.7 Å². The summed E-state index contributed by atoms with van der Waals surface area (Å²) in [7, 11) is 0. The number of thiophene rings is 1. The number of hydrogen-bond acceptors (Lipinski definition) is 4. The van der Waals surface area contributed by atoms with Crippen molar-refractivity contribution in [3.8, 4) is 0 Å². The molecule has 1 spiro atoms. The Morgan fingerprint density at radius 1 is 1.42 bits per heavy atom. The van der Waals surface area contributed by atoms with Gasteiger partial charge in [0.15, 0.2) is 5.78 Å². The fourth-order valence-corrected chi connectivity index (χ4v) is 4.32. The van der Waals surface area contributed by atoms with Crippen molar-refractivity contribution in [3.05, 3.63) is 20.3 Å². The lowest BCUT2D eigenvalue weighted by Crippen LogP contribution is -2.42. The Hall–Kier alpha value is -0.130. The van der Waals surface area contributed by atoms with Crippen LogP contribution in [-0.4, -0.2) is 31.2 Å². The van der Waals surface area contributed by atoms with Gasteiger partial charge >= 0.3 is 0 Å². The van der Waals surface area contributed by atoms with E-state index >= 15 is 0 Å². The van der Waals surface area contributed by atoms with Crippen molar-refractivity contribution in [2.45, 2.75) is 24.9 Å². The number of carbonyl (C=O) groups excluding carboxylic acids is 1. The summed E-state index contributed by atoms with van der Waals surface area (Å²) in [6.45, 7) is 1.91. The molecule has 2 aliphatic rings. The van der Waals surface area contributed by atoms with E-state index in [1.165, 1.54) is 11.3 Å². The minimum atomic E-state index is -0.259. The zero-order valence-electron chi connectivity index (χ0n) is 10.3. The standard InChI is InChI=1S/C13H14Cl2O3S/c14-10-5-9(12(15)19-10)11(16)8-1-3-18-13(6-8)2-4-17-7-13/h5,8H,1-4,6-7H2. The Bertz CT molecular complexity index is 494. The third-order valence-electron chi connectivity index (χ3n) is 3.85. The van der Waals surface area contributed by atoms with Crippen LogP contribution in [0.5, 0.6) is 0 Å². The number of carbonyl (C=O) groups is 1. The van der Waals surface area contributed by atoms with Crippen molar-refractivity contribution in [2.75, 3.05) is 19.8 Å². The van der Waals surface area contributed by atoms with Gasteiger partial charge in [0.25, 0.3) is 0 Å². The Labute approximate surface area is 125 Å². The topological polar surface area (TPSA) is 35.5 Å². The van der Waals surface area contributed by atoms with Gasteiger partial charge in [0, 0.05) is 31.1 Å². The van der Waals surface area contributed by atoms with Crippen LogP contribution in [0.4, 0.5) is 0 Å². The van der Waals surface area contributed by atoms with Crippen LogP contribution in [0.3, 0.4) is 0 Å². The number of ether oxygens (including phenoxy) is 2. The molecule has 2 aliphatic heterocycles. The lowest BCUT2D eigenvalue weighted by Gasteiger charge is -2.36. The van der Waals surface area contributed by atoms with Crippen LogP contribution < -0.4 is 0 Å². The van der Waals surface area contributed by atoms with E-state index in [-0.39, 0.29) is 17.3 Å². The Balaban J connectivity index is 1.78. The molecule has 6 heteroatoms. The van der Waals surface area contributed by atoms with Crippen molar-refractivity contribution in [1.82, 2.24) is 0 Å². The van der Waals surface area contributed by atoms with Gasteiger partial charge in [-0.2, -0.15) is 0 Å². The van der Waals surface area contributed by atoms with Crippen LogP contribution in [0.2, 0.25) is 8.67 Å². The van der Waals surface area contributed by atoms with Crippen LogP contribution in [-0.2, 0) is 9.47 Å². The zero-order chi connectivity index (χ0) is 13.5. The molecule has 3 nitrogen and oxygen atoms in total. The van der Waals surface area contributed by atoms with Crippen LogP contribution >= 0.6 is 34.5 Å². The van der Waals surface area contributed by atoms with Gasteiger partial charge < -0.3 is 9.47 Å². The minimum absolute atomic E-state index is 0.0429. The Morgan fingerprint density at radius 2 is 2.26 bits per heavy atom. The van der Waals surface area contributed by atoms with E-state index in [0.29, 0.717) is 34.1 Å².